The Balaban J connectivity index is 2.26. The lowest BCUT2D eigenvalue weighted by Crippen LogP contribution is -2.24. The van der Waals surface area contributed by atoms with Gasteiger partial charge in [0.25, 0.3) is 5.56 Å². The SMILES string of the molecule is CN(CCCN)Cc1cc(=O)n2cc(Br)ccc2n1. The van der Waals surface area contributed by atoms with Crippen molar-refractivity contribution in [1.82, 2.24) is 14.3 Å². The van der Waals surface area contributed by atoms with Gasteiger partial charge < -0.3 is 10.6 Å². The molecule has 19 heavy (non-hydrogen) atoms. The fourth-order valence-electron chi connectivity index (χ4n) is 1.92. The van der Waals surface area contributed by atoms with E-state index < -0.39 is 0 Å². The van der Waals surface area contributed by atoms with E-state index in [9.17, 15) is 4.79 Å². The summed E-state index contributed by atoms with van der Waals surface area (Å²) in [7, 11) is 2.00. The normalized spacial score (nSPS) is 11.4. The summed E-state index contributed by atoms with van der Waals surface area (Å²) >= 11 is 3.35. The van der Waals surface area contributed by atoms with Crippen LogP contribution in [0.5, 0.6) is 0 Å². The standard InChI is InChI=1S/C13H17BrN4O/c1-17(6-2-5-15)9-11-7-13(19)18-8-10(14)3-4-12(18)16-11/h3-4,7-8H,2,5-6,9,15H2,1H3. The van der Waals surface area contributed by atoms with Crippen LogP contribution in [0.25, 0.3) is 5.65 Å². The maximum Gasteiger partial charge on any atom is 0.258 e. The van der Waals surface area contributed by atoms with Crippen LogP contribution in [0.3, 0.4) is 0 Å². The van der Waals surface area contributed by atoms with Gasteiger partial charge in [-0.15, -0.1) is 0 Å². The molecule has 2 rings (SSSR count). The first kappa shape index (κ1) is 14.2. The number of rotatable bonds is 5. The lowest BCUT2D eigenvalue weighted by atomic mass is 10.3. The maximum absolute atomic E-state index is 12.0. The van der Waals surface area contributed by atoms with E-state index in [1.54, 1.807) is 12.3 Å². The Labute approximate surface area is 120 Å². The van der Waals surface area contributed by atoms with E-state index >= 15 is 0 Å². The van der Waals surface area contributed by atoms with Crippen molar-refractivity contribution < 1.29 is 0 Å². The molecule has 0 spiro atoms. The van der Waals surface area contributed by atoms with Crippen molar-refractivity contribution in [2.45, 2.75) is 13.0 Å². The molecule has 0 amide bonds. The molecule has 5 nitrogen and oxygen atoms in total. The van der Waals surface area contributed by atoms with Gasteiger partial charge >= 0.3 is 0 Å². The number of hydrogen-bond donors (Lipinski definition) is 1. The maximum atomic E-state index is 12.0. The van der Waals surface area contributed by atoms with Crippen molar-refractivity contribution in [1.29, 1.82) is 0 Å². The highest BCUT2D eigenvalue weighted by molar-refractivity contribution is 9.10. The lowest BCUT2D eigenvalue weighted by Gasteiger charge is -2.15. The average Bonchev–Trinajstić information content (AvgIpc) is 2.37. The molecule has 6 heteroatoms. The third-order valence-electron chi connectivity index (χ3n) is 2.85. The molecule has 2 N–H and O–H groups in total. The van der Waals surface area contributed by atoms with Crippen LogP contribution in [-0.4, -0.2) is 34.4 Å². The molecule has 2 aromatic heterocycles. The van der Waals surface area contributed by atoms with Crippen LogP contribution >= 0.6 is 15.9 Å². The molecule has 0 radical (unpaired) electrons. The molecule has 0 saturated heterocycles. The third kappa shape index (κ3) is 3.62. The molecular weight excluding hydrogens is 308 g/mol. The number of pyridine rings is 1. The summed E-state index contributed by atoms with van der Waals surface area (Å²) in [6.45, 7) is 2.23. The summed E-state index contributed by atoms with van der Waals surface area (Å²) in [6, 6.07) is 5.29. The Morgan fingerprint density at radius 3 is 3.00 bits per heavy atom. The first-order valence-corrected chi connectivity index (χ1v) is 6.96. The molecule has 2 heterocycles. The van der Waals surface area contributed by atoms with E-state index in [0.29, 0.717) is 18.7 Å². The molecule has 0 aliphatic heterocycles. The van der Waals surface area contributed by atoms with Gasteiger partial charge in [-0.2, -0.15) is 0 Å². The molecule has 2 aromatic rings. The number of aromatic nitrogens is 2. The minimum absolute atomic E-state index is 0.0616. The number of nitrogens with zero attached hydrogens (tertiary/aromatic N) is 3. The summed E-state index contributed by atoms with van der Waals surface area (Å²) in [5.74, 6) is 0. The molecule has 102 valence electrons. The second-order valence-corrected chi connectivity index (χ2v) is 5.46. The zero-order chi connectivity index (χ0) is 13.8. The van der Waals surface area contributed by atoms with Crippen molar-refractivity contribution in [3.05, 3.63) is 44.9 Å². The van der Waals surface area contributed by atoms with Crippen molar-refractivity contribution in [3.8, 4) is 0 Å². The number of halogens is 1. The Kier molecular flexibility index (Phi) is 4.68. The van der Waals surface area contributed by atoms with Gasteiger partial charge in [-0.3, -0.25) is 9.20 Å². The topological polar surface area (TPSA) is 63.6 Å². The molecular formula is C13H17BrN4O. The smallest absolute Gasteiger partial charge is 0.258 e. The number of hydrogen-bond acceptors (Lipinski definition) is 4. The van der Waals surface area contributed by atoms with Crippen LogP contribution in [0.1, 0.15) is 12.1 Å². The van der Waals surface area contributed by atoms with E-state index in [4.69, 9.17) is 5.73 Å². The van der Waals surface area contributed by atoms with Crippen LogP contribution in [0.15, 0.2) is 33.7 Å². The molecule has 0 unspecified atom stereocenters. The van der Waals surface area contributed by atoms with Gasteiger partial charge in [-0.1, -0.05) is 0 Å². The molecule has 0 aliphatic carbocycles. The fraction of sp³-hybridized carbons (Fsp3) is 0.385. The quantitative estimate of drug-likeness (QED) is 0.898. The summed E-state index contributed by atoms with van der Waals surface area (Å²) in [5.41, 5.74) is 6.87. The summed E-state index contributed by atoms with van der Waals surface area (Å²) in [4.78, 5) is 18.6. The first-order chi connectivity index (χ1) is 9.10. The second-order valence-electron chi connectivity index (χ2n) is 4.54. The minimum Gasteiger partial charge on any atom is -0.330 e. The summed E-state index contributed by atoms with van der Waals surface area (Å²) < 4.78 is 2.39. The highest BCUT2D eigenvalue weighted by atomic mass is 79.9. The molecule has 0 aromatic carbocycles. The summed E-state index contributed by atoms with van der Waals surface area (Å²) in [5, 5.41) is 0. The van der Waals surface area contributed by atoms with Crippen molar-refractivity contribution in [2.24, 2.45) is 5.73 Å². The predicted octanol–water partition coefficient (Wildman–Crippen LogP) is 1.24. The van der Waals surface area contributed by atoms with E-state index in [1.807, 2.05) is 19.2 Å². The zero-order valence-electron chi connectivity index (χ0n) is 10.8. The lowest BCUT2D eigenvalue weighted by molar-refractivity contribution is 0.320. The van der Waals surface area contributed by atoms with Gasteiger partial charge in [0.05, 0.1) is 5.69 Å². The van der Waals surface area contributed by atoms with Crippen LogP contribution in [0.4, 0.5) is 0 Å². The molecule has 0 atom stereocenters. The highest BCUT2D eigenvalue weighted by Gasteiger charge is 2.05. The molecule has 0 saturated carbocycles. The summed E-state index contributed by atoms with van der Waals surface area (Å²) in [6.07, 6.45) is 2.67. The van der Waals surface area contributed by atoms with E-state index in [-0.39, 0.29) is 5.56 Å². The second kappa shape index (κ2) is 6.27. The van der Waals surface area contributed by atoms with Crippen molar-refractivity contribution >= 4 is 21.6 Å². The van der Waals surface area contributed by atoms with E-state index in [1.165, 1.54) is 4.40 Å². The largest absolute Gasteiger partial charge is 0.330 e. The van der Waals surface area contributed by atoms with Crippen LogP contribution in [0, 0.1) is 0 Å². The Hall–Kier alpha value is -1.24. The van der Waals surface area contributed by atoms with Crippen molar-refractivity contribution in [2.75, 3.05) is 20.1 Å². The average molecular weight is 325 g/mol. The Morgan fingerprint density at radius 1 is 1.47 bits per heavy atom. The zero-order valence-corrected chi connectivity index (χ0v) is 12.4. The Bertz CT molecular complexity index is 626. The van der Waals surface area contributed by atoms with Gasteiger partial charge in [-0.05, 0) is 54.6 Å². The third-order valence-corrected chi connectivity index (χ3v) is 3.32. The predicted molar refractivity (Wildman–Crippen MR) is 79.2 cm³/mol. The fourth-order valence-corrected chi connectivity index (χ4v) is 2.26. The monoisotopic (exact) mass is 324 g/mol. The molecule has 0 fully saturated rings. The van der Waals surface area contributed by atoms with E-state index in [2.05, 4.69) is 25.8 Å². The minimum atomic E-state index is -0.0616. The van der Waals surface area contributed by atoms with Gasteiger partial charge in [-0.25, -0.2) is 4.98 Å². The van der Waals surface area contributed by atoms with Gasteiger partial charge in [0.2, 0.25) is 0 Å². The molecule has 0 bridgehead atoms. The number of fused-ring (bicyclic) bond motifs is 1. The number of nitrogens with two attached hydrogens (primary N) is 1. The van der Waals surface area contributed by atoms with Crippen LogP contribution in [-0.2, 0) is 6.54 Å². The van der Waals surface area contributed by atoms with Gasteiger partial charge in [0.1, 0.15) is 5.65 Å². The highest BCUT2D eigenvalue weighted by Crippen LogP contribution is 2.09. The first-order valence-electron chi connectivity index (χ1n) is 6.16. The van der Waals surface area contributed by atoms with Gasteiger partial charge in [0, 0.05) is 23.3 Å². The molecule has 0 aliphatic rings. The van der Waals surface area contributed by atoms with Gasteiger partial charge in [0.15, 0.2) is 0 Å². The van der Waals surface area contributed by atoms with E-state index in [0.717, 1.165) is 23.1 Å². The van der Waals surface area contributed by atoms with Crippen LogP contribution < -0.4 is 11.3 Å². The Morgan fingerprint density at radius 2 is 2.26 bits per heavy atom. The van der Waals surface area contributed by atoms with Crippen LogP contribution in [0.2, 0.25) is 0 Å². The van der Waals surface area contributed by atoms with Crippen molar-refractivity contribution in [3.63, 3.8) is 0 Å².